The van der Waals surface area contributed by atoms with E-state index in [2.05, 4.69) is 36.0 Å². The molecule has 0 saturated heterocycles. The van der Waals surface area contributed by atoms with Crippen LogP contribution in [0.15, 0.2) is 60.7 Å². The summed E-state index contributed by atoms with van der Waals surface area (Å²) in [6, 6.07) is 13.3. The molecular formula is C51H66N12O10S. The largest absolute Gasteiger partial charge is 0.493 e. The van der Waals surface area contributed by atoms with E-state index in [4.69, 9.17) is 30.8 Å². The highest BCUT2D eigenvalue weighted by Gasteiger charge is 2.37. The van der Waals surface area contributed by atoms with Crippen LogP contribution in [0.1, 0.15) is 90.8 Å². The van der Waals surface area contributed by atoms with Crippen molar-refractivity contribution in [1.82, 2.24) is 40.9 Å². The second-order valence-electron chi connectivity index (χ2n) is 18.2. The average Bonchev–Trinajstić information content (AvgIpc) is 3.37. The summed E-state index contributed by atoms with van der Waals surface area (Å²) < 4.78 is 45.4. The van der Waals surface area contributed by atoms with Gasteiger partial charge in [0.25, 0.3) is 16.1 Å². The number of benzene rings is 3. The Kier molecular flexibility index (Phi) is 19.8. The van der Waals surface area contributed by atoms with E-state index in [-0.39, 0.29) is 54.8 Å². The van der Waals surface area contributed by atoms with Crippen LogP contribution in [-0.2, 0) is 35.8 Å². The zero-order valence-electron chi connectivity index (χ0n) is 42.1. The van der Waals surface area contributed by atoms with Crippen molar-refractivity contribution in [2.75, 3.05) is 46.4 Å². The lowest BCUT2D eigenvalue weighted by Gasteiger charge is -2.32. The summed E-state index contributed by atoms with van der Waals surface area (Å²) in [5, 5.41) is 25.0. The Bertz CT molecular complexity index is 2800. The molecule has 23 heteroatoms. The Balaban J connectivity index is 1.39. The predicted octanol–water partition coefficient (Wildman–Crippen LogP) is 1.87. The number of nitrogens with two attached hydrogens (primary N) is 3. The van der Waals surface area contributed by atoms with Gasteiger partial charge in [-0.25, -0.2) is 15.1 Å². The molecule has 2 aliphatic rings. The van der Waals surface area contributed by atoms with Crippen LogP contribution >= 0.6 is 0 Å². The molecule has 11 N–H and O–H groups in total. The fraction of sp³-hybridized carbons (Fsp3) is 0.451. The van der Waals surface area contributed by atoms with E-state index in [0.717, 1.165) is 36.3 Å². The van der Waals surface area contributed by atoms with E-state index < -0.39 is 70.5 Å². The first-order valence-corrected chi connectivity index (χ1v) is 26.1. The molecule has 4 atom stereocenters. The zero-order valence-corrected chi connectivity index (χ0v) is 42.9. The van der Waals surface area contributed by atoms with Crippen molar-refractivity contribution in [3.8, 4) is 45.8 Å². The molecule has 2 heterocycles. The van der Waals surface area contributed by atoms with Gasteiger partial charge in [0.05, 0.1) is 42.3 Å². The number of aromatic nitrogens is 2. The zero-order chi connectivity index (χ0) is 53.5. The lowest BCUT2D eigenvalue weighted by molar-refractivity contribution is -0.141. The van der Waals surface area contributed by atoms with Gasteiger partial charge in [-0.1, -0.05) is 18.6 Å². The number of ether oxygens (including phenoxy) is 3. The number of carbonyl (C=O) groups excluding carboxylic acids is 5. The number of carbonyl (C=O) groups is 5. The number of fused-ring (bicyclic) bond motifs is 5. The van der Waals surface area contributed by atoms with Gasteiger partial charge in [0, 0.05) is 36.7 Å². The number of nitrogens with one attached hydrogen (secondary N) is 5. The maximum Gasteiger partial charge on any atom is 0.274 e. The van der Waals surface area contributed by atoms with Crippen molar-refractivity contribution in [2.45, 2.75) is 102 Å². The van der Waals surface area contributed by atoms with Crippen molar-refractivity contribution in [1.29, 1.82) is 5.26 Å². The minimum absolute atomic E-state index is 0.0128. The van der Waals surface area contributed by atoms with E-state index in [1.807, 2.05) is 30.3 Å². The number of amides is 5. The average molecular weight is 1040 g/mol. The van der Waals surface area contributed by atoms with Crippen LogP contribution in [0.25, 0.3) is 22.5 Å². The number of hydrogen-bond donors (Lipinski definition) is 8. The Hall–Kier alpha value is -7.23. The number of nitrogens with zero attached hydrogens (tertiary/aromatic N) is 4. The quantitative estimate of drug-likeness (QED) is 0.0463. The second kappa shape index (κ2) is 26.1. The Morgan fingerprint density at radius 1 is 0.878 bits per heavy atom. The Morgan fingerprint density at radius 3 is 2.11 bits per heavy atom. The number of hydrogen-bond acceptors (Lipinski definition) is 15. The molecule has 1 aliphatic heterocycles. The first-order valence-electron chi connectivity index (χ1n) is 24.6. The van der Waals surface area contributed by atoms with Crippen LogP contribution in [-0.4, -0.2) is 123 Å². The van der Waals surface area contributed by atoms with Crippen LogP contribution in [0, 0.1) is 25.2 Å². The third-order valence-electron chi connectivity index (χ3n) is 12.6. The van der Waals surface area contributed by atoms with Gasteiger partial charge in [0.1, 0.15) is 48.0 Å². The fourth-order valence-corrected chi connectivity index (χ4v) is 9.16. The molecule has 1 aromatic heterocycles. The standard InChI is InChI=1S/C51H66N12O10S/c1-30-44(31(2)59-46(58-30)34-13-16-37(17-14-34)73-36-10-6-5-7-11-36)49(66)62-41(29-57-74(55,69)70)51(68)63(4)45-35-15-19-43(72-25-9-21-53)39(28-35)38-26-33(12-18-42(38)71-24-8-20-52)27-40(48(65)56-23-22-54)61-47(64)32(3)60-50(45)67/h12-19,26,28,32,36,40-41,45,57H,5-11,20-21,23-25,27,29,52-53H2,1-4H3,(H,56,65)(H,60,67)(H,61,64)(H,62,66)(H2,55,69,70)/t32-,40-,41-,45-/m0/s1. The smallest absolute Gasteiger partial charge is 0.274 e. The monoisotopic (exact) mass is 1040 g/mol. The molecule has 22 nitrogen and oxygen atoms in total. The topological polar surface area (TPSA) is 338 Å². The molecule has 0 unspecified atom stereocenters. The molecule has 4 aromatic rings. The summed E-state index contributed by atoms with van der Waals surface area (Å²) in [7, 11) is -3.17. The van der Waals surface area contributed by atoms with Crippen molar-refractivity contribution >= 4 is 39.7 Å². The van der Waals surface area contributed by atoms with E-state index in [9.17, 15) is 37.7 Å². The maximum atomic E-state index is 14.9. The molecule has 1 fully saturated rings. The third kappa shape index (κ3) is 14.9. The van der Waals surface area contributed by atoms with Crippen molar-refractivity contribution in [2.24, 2.45) is 16.6 Å². The third-order valence-corrected chi connectivity index (χ3v) is 13.1. The number of likely N-dealkylation sites (N-methyl/N-ethyl adjacent to an activating group) is 1. The summed E-state index contributed by atoms with van der Waals surface area (Å²) in [6.45, 7) is 4.57. The highest BCUT2D eigenvalue weighted by molar-refractivity contribution is 7.87. The molecule has 74 heavy (non-hydrogen) atoms. The lowest BCUT2D eigenvalue weighted by Crippen LogP contribution is -2.57. The molecule has 3 aromatic carbocycles. The molecule has 0 spiro atoms. The fourth-order valence-electron chi connectivity index (χ4n) is 8.76. The van der Waals surface area contributed by atoms with Crippen molar-refractivity contribution < 1.29 is 46.6 Å². The summed E-state index contributed by atoms with van der Waals surface area (Å²) >= 11 is 0. The van der Waals surface area contributed by atoms with Crippen LogP contribution in [0.3, 0.4) is 0 Å². The number of aryl methyl sites for hydroxylation is 2. The van der Waals surface area contributed by atoms with Gasteiger partial charge < -0.3 is 51.8 Å². The van der Waals surface area contributed by atoms with Gasteiger partial charge in [0.2, 0.25) is 23.6 Å². The van der Waals surface area contributed by atoms with E-state index in [0.29, 0.717) is 65.5 Å². The summed E-state index contributed by atoms with van der Waals surface area (Å²) in [5.41, 5.74) is 14.4. The van der Waals surface area contributed by atoms with E-state index in [1.165, 1.54) is 20.4 Å². The summed E-state index contributed by atoms with van der Waals surface area (Å²) in [5.74, 6) is -2.32. The van der Waals surface area contributed by atoms with Crippen LogP contribution < -0.4 is 56.8 Å². The van der Waals surface area contributed by atoms with Gasteiger partial charge in [-0.3, -0.25) is 24.0 Å². The van der Waals surface area contributed by atoms with Gasteiger partial charge in [-0.05, 0) is 132 Å². The summed E-state index contributed by atoms with van der Waals surface area (Å²) in [4.78, 5) is 81.5. The van der Waals surface area contributed by atoms with Crippen LogP contribution in [0.2, 0.25) is 0 Å². The van der Waals surface area contributed by atoms with Crippen LogP contribution in [0.4, 0.5) is 0 Å². The van der Waals surface area contributed by atoms with E-state index in [1.54, 1.807) is 50.2 Å². The summed E-state index contributed by atoms with van der Waals surface area (Å²) in [6.07, 6.45) is 6.58. The molecule has 0 radical (unpaired) electrons. The predicted molar refractivity (Wildman–Crippen MR) is 274 cm³/mol. The molecule has 1 saturated carbocycles. The Morgan fingerprint density at radius 2 is 1.50 bits per heavy atom. The molecule has 4 bridgehead atoms. The van der Waals surface area contributed by atoms with Crippen molar-refractivity contribution in [3.05, 3.63) is 88.7 Å². The minimum Gasteiger partial charge on any atom is -0.493 e. The first-order chi connectivity index (χ1) is 35.4. The van der Waals surface area contributed by atoms with Gasteiger partial charge in [-0.2, -0.15) is 18.4 Å². The highest BCUT2D eigenvalue weighted by Crippen LogP contribution is 2.40. The second-order valence-corrected chi connectivity index (χ2v) is 19.6. The number of nitriles is 1. The maximum absolute atomic E-state index is 14.9. The van der Waals surface area contributed by atoms with E-state index >= 15 is 0 Å². The highest BCUT2D eigenvalue weighted by atomic mass is 32.2. The van der Waals surface area contributed by atoms with Crippen LogP contribution in [0.5, 0.6) is 17.2 Å². The first kappa shape index (κ1) is 56.1. The van der Waals surface area contributed by atoms with Crippen molar-refractivity contribution in [3.63, 3.8) is 0 Å². The molecule has 6 rings (SSSR count). The van der Waals surface area contributed by atoms with Gasteiger partial charge >= 0.3 is 0 Å². The molecule has 1 aliphatic carbocycles. The SMILES string of the molecule is Cc1nc(-c2ccc(OC3CCCCC3)cc2)nc(C)c1C(=O)N[C@@H](CNS(N)(=O)=O)C(=O)N(C)[C@@H]1C(=O)N[C@@H](C)C(=O)N[C@H](C(=O)NCC#N)Cc2ccc(OCCCN)c(c2)-c2cc1ccc2OCCCN. The normalized spacial score (nSPS) is 17.6. The minimum atomic E-state index is -4.45. The Labute approximate surface area is 431 Å². The molecule has 396 valence electrons. The van der Waals surface area contributed by atoms with Gasteiger partial charge in [-0.15, -0.1) is 0 Å². The molecular weight excluding hydrogens is 973 g/mol. The number of rotatable bonds is 20. The lowest BCUT2D eigenvalue weighted by atomic mass is 9.93. The molecule has 5 amide bonds. The van der Waals surface area contributed by atoms with Gasteiger partial charge in [0.15, 0.2) is 5.82 Å².